The zero-order chi connectivity index (χ0) is 11.4. The molecule has 0 aliphatic heterocycles. The molecular formula is C11H16N2O2. The first-order valence-electron chi connectivity index (χ1n) is 4.73. The van der Waals surface area contributed by atoms with Crippen LogP contribution in [0.2, 0.25) is 0 Å². The molecule has 0 heterocycles. The molecule has 0 saturated heterocycles. The van der Waals surface area contributed by atoms with Gasteiger partial charge in [-0.05, 0) is 20.2 Å². The topological polar surface area (TPSA) is 52.6 Å². The Hall–Kier alpha value is -1.55. The van der Waals surface area contributed by atoms with Crippen LogP contribution >= 0.6 is 0 Å². The van der Waals surface area contributed by atoms with Crippen LogP contribution in [0.15, 0.2) is 18.2 Å². The maximum absolute atomic E-state index is 10.8. The summed E-state index contributed by atoms with van der Waals surface area (Å²) in [4.78, 5) is 12.8. The summed E-state index contributed by atoms with van der Waals surface area (Å²) in [5, 5.41) is 12.3. The zero-order valence-electron chi connectivity index (χ0n) is 9.24. The molecule has 0 saturated carbocycles. The Bertz CT molecular complexity index is 362. The van der Waals surface area contributed by atoms with Crippen LogP contribution in [0.25, 0.3) is 0 Å². The van der Waals surface area contributed by atoms with Crippen molar-refractivity contribution in [3.8, 4) is 5.75 Å². The minimum Gasteiger partial charge on any atom is -0.508 e. The van der Waals surface area contributed by atoms with Crippen LogP contribution in [0, 0.1) is 0 Å². The van der Waals surface area contributed by atoms with E-state index < -0.39 is 0 Å². The van der Waals surface area contributed by atoms with Gasteiger partial charge in [-0.1, -0.05) is 6.07 Å². The fraction of sp³-hybridized carbons (Fsp3) is 0.364. The van der Waals surface area contributed by atoms with Gasteiger partial charge >= 0.3 is 0 Å². The van der Waals surface area contributed by atoms with Gasteiger partial charge < -0.3 is 15.3 Å². The van der Waals surface area contributed by atoms with E-state index in [4.69, 9.17) is 0 Å². The maximum atomic E-state index is 10.8. The summed E-state index contributed by atoms with van der Waals surface area (Å²) in [6.45, 7) is 2.11. The van der Waals surface area contributed by atoms with Gasteiger partial charge in [0.15, 0.2) is 0 Å². The first-order valence-corrected chi connectivity index (χ1v) is 4.73. The number of rotatable bonds is 3. The third kappa shape index (κ3) is 3.59. The number of carbonyl (C=O) groups is 1. The van der Waals surface area contributed by atoms with Gasteiger partial charge in [0.05, 0.1) is 0 Å². The Kier molecular flexibility index (Phi) is 3.68. The molecule has 2 N–H and O–H groups in total. The fourth-order valence-corrected chi connectivity index (χ4v) is 1.32. The van der Waals surface area contributed by atoms with Crippen LogP contribution in [0.3, 0.4) is 0 Å². The lowest BCUT2D eigenvalue weighted by Crippen LogP contribution is -2.11. The number of nitrogens with zero attached hydrogens (tertiary/aromatic N) is 1. The molecule has 1 aromatic rings. The van der Waals surface area contributed by atoms with E-state index in [0.29, 0.717) is 12.2 Å². The highest BCUT2D eigenvalue weighted by atomic mass is 16.3. The Morgan fingerprint density at radius 2 is 2.13 bits per heavy atom. The van der Waals surface area contributed by atoms with Gasteiger partial charge in [-0.15, -0.1) is 0 Å². The second kappa shape index (κ2) is 4.79. The van der Waals surface area contributed by atoms with E-state index in [1.54, 1.807) is 18.2 Å². The predicted octanol–water partition coefficient (Wildman–Crippen LogP) is 1.41. The molecule has 0 atom stereocenters. The molecule has 1 aromatic carbocycles. The zero-order valence-corrected chi connectivity index (χ0v) is 9.24. The molecule has 1 amide bonds. The highest BCUT2D eigenvalue weighted by molar-refractivity contribution is 5.88. The smallest absolute Gasteiger partial charge is 0.221 e. The van der Waals surface area contributed by atoms with Crippen LogP contribution in [-0.2, 0) is 11.3 Å². The van der Waals surface area contributed by atoms with Crippen LogP contribution in [0.5, 0.6) is 5.75 Å². The largest absolute Gasteiger partial charge is 0.508 e. The molecule has 0 unspecified atom stereocenters. The van der Waals surface area contributed by atoms with E-state index >= 15 is 0 Å². The predicted molar refractivity (Wildman–Crippen MR) is 59.8 cm³/mol. The number of aromatic hydroxyl groups is 1. The van der Waals surface area contributed by atoms with Crippen LogP contribution in [0.1, 0.15) is 12.5 Å². The molecule has 0 aromatic heterocycles. The third-order valence-corrected chi connectivity index (χ3v) is 1.89. The molecule has 0 bridgehead atoms. The number of carbonyl (C=O) groups excluding carboxylic acids is 1. The monoisotopic (exact) mass is 208 g/mol. The first kappa shape index (κ1) is 11.5. The molecule has 0 aliphatic carbocycles. The van der Waals surface area contributed by atoms with Crippen LogP contribution < -0.4 is 5.32 Å². The number of hydrogen-bond acceptors (Lipinski definition) is 3. The summed E-state index contributed by atoms with van der Waals surface area (Å²) >= 11 is 0. The minimum atomic E-state index is -0.144. The molecule has 4 heteroatoms. The highest BCUT2D eigenvalue weighted by Gasteiger charge is 2.04. The van der Waals surface area contributed by atoms with Crippen molar-refractivity contribution in [3.63, 3.8) is 0 Å². The molecule has 4 nitrogen and oxygen atoms in total. The Morgan fingerprint density at radius 1 is 1.47 bits per heavy atom. The molecule has 1 rings (SSSR count). The number of benzene rings is 1. The van der Waals surface area contributed by atoms with Crippen molar-refractivity contribution >= 4 is 11.6 Å². The lowest BCUT2D eigenvalue weighted by molar-refractivity contribution is -0.114. The van der Waals surface area contributed by atoms with Gasteiger partial charge in [-0.3, -0.25) is 4.79 Å². The van der Waals surface area contributed by atoms with E-state index in [2.05, 4.69) is 5.32 Å². The molecule has 0 fully saturated rings. The van der Waals surface area contributed by atoms with E-state index in [-0.39, 0.29) is 11.7 Å². The summed E-state index contributed by atoms with van der Waals surface area (Å²) in [7, 11) is 3.86. The molecule has 15 heavy (non-hydrogen) atoms. The van der Waals surface area contributed by atoms with Crippen molar-refractivity contribution in [2.75, 3.05) is 19.4 Å². The van der Waals surface area contributed by atoms with Gasteiger partial charge in [0, 0.05) is 30.8 Å². The lowest BCUT2D eigenvalue weighted by Gasteiger charge is -2.12. The van der Waals surface area contributed by atoms with Gasteiger partial charge in [0.25, 0.3) is 0 Å². The van der Waals surface area contributed by atoms with Crippen molar-refractivity contribution in [2.45, 2.75) is 13.5 Å². The average molecular weight is 208 g/mol. The fourth-order valence-electron chi connectivity index (χ4n) is 1.32. The SMILES string of the molecule is CC(=O)Nc1ccc(CN(C)C)c(O)c1. The Morgan fingerprint density at radius 3 is 2.60 bits per heavy atom. The first-order chi connectivity index (χ1) is 6.99. The minimum absolute atomic E-state index is 0.144. The summed E-state index contributed by atoms with van der Waals surface area (Å²) in [6, 6.07) is 5.14. The van der Waals surface area contributed by atoms with Gasteiger partial charge in [0.2, 0.25) is 5.91 Å². The number of phenolic OH excluding ortho intramolecular Hbond substituents is 1. The Labute approximate surface area is 89.5 Å². The number of phenols is 1. The van der Waals surface area contributed by atoms with Crippen LogP contribution in [0.4, 0.5) is 5.69 Å². The number of anilines is 1. The van der Waals surface area contributed by atoms with Crippen molar-refractivity contribution in [3.05, 3.63) is 23.8 Å². The lowest BCUT2D eigenvalue weighted by atomic mass is 10.1. The summed E-state index contributed by atoms with van der Waals surface area (Å²) < 4.78 is 0. The standard InChI is InChI=1S/C11H16N2O2/c1-8(14)12-10-5-4-9(7-13(2)3)11(15)6-10/h4-6,15H,7H2,1-3H3,(H,12,14). The second-order valence-electron chi connectivity index (χ2n) is 3.76. The summed E-state index contributed by atoms with van der Waals surface area (Å²) in [6.07, 6.45) is 0. The second-order valence-corrected chi connectivity index (χ2v) is 3.76. The van der Waals surface area contributed by atoms with Crippen molar-refractivity contribution in [1.29, 1.82) is 0 Å². The van der Waals surface area contributed by atoms with Gasteiger partial charge in [0.1, 0.15) is 5.75 Å². The van der Waals surface area contributed by atoms with Gasteiger partial charge in [-0.2, -0.15) is 0 Å². The average Bonchev–Trinajstić information content (AvgIpc) is 2.08. The molecular weight excluding hydrogens is 192 g/mol. The van der Waals surface area contributed by atoms with E-state index in [0.717, 1.165) is 5.56 Å². The van der Waals surface area contributed by atoms with E-state index in [9.17, 15) is 9.90 Å². The number of hydrogen-bond donors (Lipinski definition) is 2. The van der Waals surface area contributed by atoms with Crippen molar-refractivity contribution in [1.82, 2.24) is 4.90 Å². The number of amides is 1. The molecule has 0 spiro atoms. The van der Waals surface area contributed by atoms with Crippen molar-refractivity contribution < 1.29 is 9.90 Å². The summed E-state index contributed by atoms with van der Waals surface area (Å²) in [5.74, 6) is 0.0599. The highest BCUT2D eigenvalue weighted by Crippen LogP contribution is 2.22. The third-order valence-electron chi connectivity index (χ3n) is 1.89. The quantitative estimate of drug-likeness (QED) is 0.789. The molecule has 0 radical (unpaired) electrons. The number of nitrogens with one attached hydrogen (secondary N) is 1. The van der Waals surface area contributed by atoms with Gasteiger partial charge in [-0.25, -0.2) is 0 Å². The normalized spacial score (nSPS) is 10.4. The maximum Gasteiger partial charge on any atom is 0.221 e. The van der Waals surface area contributed by atoms with E-state index in [1.807, 2.05) is 19.0 Å². The van der Waals surface area contributed by atoms with Crippen LogP contribution in [-0.4, -0.2) is 30.0 Å². The Balaban J connectivity index is 2.83. The molecule has 0 aliphatic rings. The van der Waals surface area contributed by atoms with Crippen molar-refractivity contribution in [2.24, 2.45) is 0 Å². The van der Waals surface area contributed by atoms with E-state index in [1.165, 1.54) is 6.92 Å². The summed E-state index contributed by atoms with van der Waals surface area (Å²) in [5.41, 5.74) is 1.46. The molecule has 82 valence electrons.